The van der Waals surface area contributed by atoms with Gasteiger partial charge in [0, 0.05) is 5.92 Å². The molecule has 0 aromatic carbocycles. The van der Waals surface area contributed by atoms with Gasteiger partial charge in [-0.15, -0.1) is 0 Å². The van der Waals surface area contributed by atoms with Gasteiger partial charge in [-0.1, -0.05) is 12.8 Å². The fraction of sp³-hybridized carbons (Fsp3) is 0.714. The minimum Gasteiger partial charge on any atom is -0.285 e. The normalized spacial score (nSPS) is 19.3. The van der Waals surface area contributed by atoms with E-state index in [4.69, 9.17) is 12.2 Å². The van der Waals surface area contributed by atoms with E-state index in [0.29, 0.717) is 10.7 Å². The first kappa shape index (κ1) is 7.03. The molecule has 1 aromatic heterocycles. The summed E-state index contributed by atoms with van der Waals surface area (Å²) in [5.74, 6) is 1.68. The number of H-pyrrole nitrogens is 2. The Kier molecular flexibility index (Phi) is 1.77. The number of aromatic nitrogens is 3. The van der Waals surface area contributed by atoms with E-state index >= 15 is 0 Å². The fourth-order valence-electron chi connectivity index (χ4n) is 1.68. The molecular weight excluding hydrogens is 158 g/mol. The maximum atomic E-state index is 4.87. The predicted octanol–water partition coefficient (Wildman–Crippen LogP) is 2.12. The summed E-state index contributed by atoms with van der Waals surface area (Å²) >= 11 is 4.87. The van der Waals surface area contributed by atoms with Gasteiger partial charge in [0.1, 0.15) is 5.82 Å². The zero-order valence-electron chi connectivity index (χ0n) is 6.26. The van der Waals surface area contributed by atoms with E-state index in [-0.39, 0.29) is 0 Å². The first-order valence-corrected chi connectivity index (χ1v) is 4.41. The molecule has 0 bridgehead atoms. The summed E-state index contributed by atoms with van der Waals surface area (Å²) in [4.78, 5) is 4.20. The monoisotopic (exact) mass is 169 g/mol. The highest BCUT2D eigenvalue weighted by Crippen LogP contribution is 2.31. The van der Waals surface area contributed by atoms with Crippen LogP contribution < -0.4 is 0 Å². The lowest BCUT2D eigenvalue weighted by Gasteiger charge is -2.01. The molecule has 0 saturated heterocycles. The van der Waals surface area contributed by atoms with Gasteiger partial charge in [-0.2, -0.15) is 0 Å². The van der Waals surface area contributed by atoms with E-state index in [1.807, 2.05) is 0 Å². The molecule has 0 atom stereocenters. The number of nitrogens with zero attached hydrogens (tertiary/aromatic N) is 1. The Labute approximate surface area is 70.2 Å². The molecule has 0 unspecified atom stereocenters. The summed E-state index contributed by atoms with van der Waals surface area (Å²) in [6.07, 6.45) is 5.18. The Morgan fingerprint density at radius 3 is 2.55 bits per heavy atom. The van der Waals surface area contributed by atoms with E-state index in [1.165, 1.54) is 25.7 Å². The van der Waals surface area contributed by atoms with Crippen LogP contribution in [0.15, 0.2) is 0 Å². The molecule has 0 radical (unpaired) electrons. The van der Waals surface area contributed by atoms with Crippen molar-refractivity contribution in [2.24, 2.45) is 0 Å². The molecule has 1 fully saturated rings. The van der Waals surface area contributed by atoms with Crippen molar-refractivity contribution in [1.29, 1.82) is 0 Å². The molecule has 1 heterocycles. The molecule has 3 nitrogen and oxygen atoms in total. The molecule has 0 spiro atoms. The molecule has 60 valence electrons. The second-order valence-corrected chi connectivity index (χ2v) is 3.42. The second kappa shape index (κ2) is 2.77. The summed E-state index contributed by atoms with van der Waals surface area (Å²) in [6, 6.07) is 0. The number of nitrogens with one attached hydrogen (secondary N) is 2. The molecule has 0 amide bonds. The van der Waals surface area contributed by atoms with Crippen LogP contribution in [0.1, 0.15) is 37.4 Å². The third kappa shape index (κ3) is 1.35. The Morgan fingerprint density at radius 2 is 2.00 bits per heavy atom. The van der Waals surface area contributed by atoms with Gasteiger partial charge in [0.25, 0.3) is 0 Å². The third-order valence-corrected chi connectivity index (χ3v) is 2.45. The van der Waals surface area contributed by atoms with Crippen molar-refractivity contribution in [3.05, 3.63) is 10.6 Å². The van der Waals surface area contributed by atoms with Crippen molar-refractivity contribution in [2.75, 3.05) is 0 Å². The summed E-state index contributed by atoms with van der Waals surface area (Å²) in [5.41, 5.74) is 0. The Balaban J connectivity index is 2.21. The van der Waals surface area contributed by atoms with Crippen LogP contribution in [0, 0.1) is 4.77 Å². The van der Waals surface area contributed by atoms with Gasteiger partial charge in [-0.3, -0.25) is 10.2 Å². The van der Waals surface area contributed by atoms with Crippen molar-refractivity contribution >= 4 is 12.2 Å². The maximum absolute atomic E-state index is 4.87. The van der Waals surface area contributed by atoms with Gasteiger partial charge in [0.05, 0.1) is 0 Å². The van der Waals surface area contributed by atoms with Crippen molar-refractivity contribution < 1.29 is 0 Å². The largest absolute Gasteiger partial charge is 0.285 e. The quantitative estimate of drug-likeness (QED) is 0.632. The average molecular weight is 169 g/mol. The topological polar surface area (TPSA) is 44.5 Å². The standard InChI is InChI=1S/C7H11N3S/c11-7-8-6(9-10-7)5-3-1-2-4-5/h5H,1-4H2,(H2,8,9,10,11). The highest BCUT2D eigenvalue weighted by Gasteiger charge is 2.18. The number of rotatable bonds is 1. The van der Waals surface area contributed by atoms with Gasteiger partial charge < -0.3 is 0 Å². The Hall–Kier alpha value is -0.640. The van der Waals surface area contributed by atoms with Gasteiger partial charge in [-0.25, -0.2) is 4.98 Å². The lowest BCUT2D eigenvalue weighted by molar-refractivity contribution is 0.671. The second-order valence-electron chi connectivity index (χ2n) is 3.03. The van der Waals surface area contributed by atoms with Crippen LogP contribution >= 0.6 is 12.2 Å². The summed E-state index contributed by atoms with van der Waals surface area (Å²) < 4.78 is 0.576. The lowest BCUT2D eigenvalue weighted by Crippen LogP contribution is -1.94. The molecule has 4 heteroatoms. The predicted molar refractivity (Wildman–Crippen MR) is 45.0 cm³/mol. The van der Waals surface area contributed by atoms with Crippen LogP contribution in [0.5, 0.6) is 0 Å². The van der Waals surface area contributed by atoms with Crippen molar-refractivity contribution in [1.82, 2.24) is 15.2 Å². The summed E-state index contributed by atoms with van der Waals surface area (Å²) in [5, 5.41) is 5.83. The molecule has 0 aliphatic heterocycles. The maximum Gasteiger partial charge on any atom is 0.213 e. The van der Waals surface area contributed by atoms with Gasteiger partial charge in [0.15, 0.2) is 0 Å². The zero-order valence-corrected chi connectivity index (χ0v) is 7.08. The first-order chi connectivity index (χ1) is 5.36. The van der Waals surface area contributed by atoms with Gasteiger partial charge in [0.2, 0.25) is 4.77 Å². The van der Waals surface area contributed by atoms with E-state index < -0.39 is 0 Å². The highest BCUT2D eigenvalue weighted by molar-refractivity contribution is 7.71. The van der Waals surface area contributed by atoms with E-state index in [9.17, 15) is 0 Å². The highest BCUT2D eigenvalue weighted by atomic mass is 32.1. The zero-order chi connectivity index (χ0) is 7.68. The molecule has 1 aliphatic rings. The smallest absolute Gasteiger partial charge is 0.213 e. The summed E-state index contributed by atoms with van der Waals surface area (Å²) in [6.45, 7) is 0. The lowest BCUT2D eigenvalue weighted by atomic mass is 10.1. The molecule has 1 aromatic rings. The number of hydrogen-bond acceptors (Lipinski definition) is 2. The van der Waals surface area contributed by atoms with Gasteiger partial charge >= 0.3 is 0 Å². The molecule has 1 saturated carbocycles. The minimum absolute atomic E-state index is 0.576. The van der Waals surface area contributed by atoms with Gasteiger partial charge in [-0.05, 0) is 25.1 Å². The summed E-state index contributed by atoms with van der Waals surface area (Å²) in [7, 11) is 0. The Bertz CT molecular complexity index is 282. The average Bonchev–Trinajstić information content (AvgIpc) is 2.55. The van der Waals surface area contributed by atoms with E-state index in [2.05, 4.69) is 15.2 Å². The van der Waals surface area contributed by atoms with Crippen molar-refractivity contribution in [3.8, 4) is 0 Å². The minimum atomic E-state index is 0.576. The molecular formula is C7H11N3S. The molecule has 2 rings (SSSR count). The van der Waals surface area contributed by atoms with Crippen molar-refractivity contribution in [3.63, 3.8) is 0 Å². The van der Waals surface area contributed by atoms with Crippen molar-refractivity contribution in [2.45, 2.75) is 31.6 Å². The van der Waals surface area contributed by atoms with Crippen LogP contribution in [0.2, 0.25) is 0 Å². The fourth-order valence-corrected chi connectivity index (χ4v) is 1.82. The Morgan fingerprint density at radius 1 is 1.27 bits per heavy atom. The van der Waals surface area contributed by atoms with E-state index in [0.717, 1.165) is 5.82 Å². The third-order valence-electron chi connectivity index (χ3n) is 2.26. The number of aromatic amines is 2. The number of hydrogen-bond donors (Lipinski definition) is 2. The first-order valence-electron chi connectivity index (χ1n) is 4.01. The van der Waals surface area contributed by atoms with E-state index in [1.54, 1.807) is 0 Å². The SMILES string of the molecule is S=c1nc(C2CCCC2)[nH][nH]1. The van der Waals surface area contributed by atoms with Crippen LogP contribution in [-0.2, 0) is 0 Å². The molecule has 11 heavy (non-hydrogen) atoms. The molecule has 2 N–H and O–H groups in total. The van der Waals surface area contributed by atoms with Crippen LogP contribution in [-0.4, -0.2) is 15.2 Å². The van der Waals surface area contributed by atoms with Crippen LogP contribution in [0.3, 0.4) is 0 Å². The van der Waals surface area contributed by atoms with Crippen LogP contribution in [0.25, 0.3) is 0 Å². The molecule has 1 aliphatic carbocycles. The van der Waals surface area contributed by atoms with Crippen LogP contribution in [0.4, 0.5) is 0 Å².